The number of carboxylic acids is 1. The second kappa shape index (κ2) is 8.09. The van der Waals surface area contributed by atoms with Gasteiger partial charge in [-0.1, -0.05) is 18.2 Å². The summed E-state index contributed by atoms with van der Waals surface area (Å²) in [5.74, 6) is -1.70. The number of aliphatic carboxylic acids is 1. The molecule has 0 bridgehead atoms. The van der Waals surface area contributed by atoms with Gasteiger partial charge in [0.2, 0.25) is 7.37 Å². The van der Waals surface area contributed by atoms with Crippen molar-refractivity contribution in [3.63, 3.8) is 0 Å². The number of carboxylic acid groups (broad SMARTS) is 1. The zero-order valence-corrected chi connectivity index (χ0v) is 15.9. The lowest BCUT2D eigenvalue weighted by atomic mass is 10.0. The fourth-order valence-corrected chi connectivity index (χ4v) is 4.60. The van der Waals surface area contributed by atoms with Gasteiger partial charge in [0.15, 0.2) is 0 Å². The molecule has 0 aliphatic rings. The highest BCUT2D eigenvalue weighted by atomic mass is 127. The van der Waals surface area contributed by atoms with Crippen molar-refractivity contribution in [2.24, 2.45) is 5.92 Å². The molecule has 0 fully saturated rings. The number of halogens is 1. The third kappa shape index (κ3) is 5.89. The van der Waals surface area contributed by atoms with Crippen LogP contribution in [0.5, 0.6) is 0 Å². The molecule has 0 saturated carbocycles. The summed E-state index contributed by atoms with van der Waals surface area (Å²) in [5, 5.41) is 9.38. The standard InChI is InChI=1S/C16H18IN2O4P/c17-14-4-1-11(2-5-14)9-24(22,23)10-13(16(20)21)7-12-3-6-15(18)19-8-12/h1-6,8,13H,7,9-10H2,(H2,18,19)(H,20,21)(H,22,23). The van der Waals surface area contributed by atoms with Crippen molar-refractivity contribution in [1.29, 1.82) is 0 Å². The molecule has 24 heavy (non-hydrogen) atoms. The third-order valence-electron chi connectivity index (χ3n) is 3.53. The van der Waals surface area contributed by atoms with Crippen molar-refractivity contribution in [1.82, 2.24) is 4.98 Å². The van der Waals surface area contributed by atoms with Crippen molar-refractivity contribution >= 4 is 41.7 Å². The number of nitrogen functional groups attached to an aromatic ring is 1. The number of aromatic nitrogens is 1. The maximum absolute atomic E-state index is 12.5. The number of carbonyl (C=O) groups is 1. The number of hydrogen-bond donors (Lipinski definition) is 3. The van der Waals surface area contributed by atoms with Crippen LogP contribution in [0.2, 0.25) is 0 Å². The predicted octanol–water partition coefficient (Wildman–Crippen LogP) is 2.98. The van der Waals surface area contributed by atoms with Crippen LogP contribution in [0, 0.1) is 9.49 Å². The molecule has 2 aromatic rings. The average molecular weight is 460 g/mol. The average Bonchev–Trinajstić information content (AvgIpc) is 2.50. The first kappa shape index (κ1) is 18.9. The molecule has 0 amide bonds. The van der Waals surface area contributed by atoms with Crippen molar-refractivity contribution < 1.29 is 19.4 Å². The molecule has 0 spiro atoms. The number of benzene rings is 1. The van der Waals surface area contributed by atoms with Crippen molar-refractivity contribution in [3.8, 4) is 0 Å². The zero-order valence-electron chi connectivity index (χ0n) is 12.8. The monoisotopic (exact) mass is 460 g/mol. The summed E-state index contributed by atoms with van der Waals surface area (Å²) in [6, 6.07) is 10.5. The number of anilines is 1. The van der Waals surface area contributed by atoms with E-state index in [9.17, 15) is 19.4 Å². The minimum atomic E-state index is -3.61. The van der Waals surface area contributed by atoms with E-state index in [4.69, 9.17) is 5.73 Å². The lowest BCUT2D eigenvalue weighted by molar-refractivity contribution is -0.141. The van der Waals surface area contributed by atoms with E-state index < -0.39 is 19.3 Å². The Kier molecular flexibility index (Phi) is 6.37. The Labute approximate surface area is 153 Å². The van der Waals surface area contributed by atoms with Gasteiger partial charge in [-0.2, -0.15) is 0 Å². The molecule has 1 heterocycles. The van der Waals surface area contributed by atoms with E-state index in [1.807, 2.05) is 12.1 Å². The Bertz CT molecular complexity index is 750. The van der Waals surface area contributed by atoms with E-state index in [1.54, 1.807) is 24.3 Å². The molecular formula is C16H18IN2O4P. The summed E-state index contributed by atoms with van der Waals surface area (Å²) in [7, 11) is -3.61. The molecule has 8 heteroatoms. The maximum atomic E-state index is 12.5. The van der Waals surface area contributed by atoms with Crippen LogP contribution in [0.15, 0.2) is 42.6 Å². The van der Waals surface area contributed by atoms with Gasteiger partial charge in [-0.05, 0) is 58.3 Å². The van der Waals surface area contributed by atoms with Gasteiger partial charge in [0.05, 0.1) is 5.92 Å². The zero-order chi connectivity index (χ0) is 17.7. The Hall–Kier alpha value is -1.44. The van der Waals surface area contributed by atoms with Crippen LogP contribution in [0.4, 0.5) is 5.82 Å². The molecule has 1 aromatic carbocycles. The number of nitrogens with two attached hydrogens (primary N) is 1. The fraction of sp³-hybridized carbons (Fsp3) is 0.250. The summed E-state index contributed by atoms with van der Waals surface area (Å²) >= 11 is 2.15. The lowest BCUT2D eigenvalue weighted by Gasteiger charge is -2.17. The fourth-order valence-electron chi connectivity index (χ4n) is 2.36. The van der Waals surface area contributed by atoms with E-state index in [1.165, 1.54) is 6.20 Å². The minimum Gasteiger partial charge on any atom is -0.481 e. The molecule has 6 nitrogen and oxygen atoms in total. The molecule has 2 rings (SSSR count). The smallest absolute Gasteiger partial charge is 0.307 e. The molecule has 128 valence electrons. The third-order valence-corrected chi connectivity index (χ3v) is 6.12. The van der Waals surface area contributed by atoms with Gasteiger partial charge < -0.3 is 15.7 Å². The topological polar surface area (TPSA) is 114 Å². The van der Waals surface area contributed by atoms with Gasteiger partial charge in [0.1, 0.15) is 5.82 Å². The maximum Gasteiger partial charge on any atom is 0.307 e. The minimum absolute atomic E-state index is 0.0340. The molecular weight excluding hydrogens is 442 g/mol. The molecule has 4 N–H and O–H groups in total. The van der Waals surface area contributed by atoms with E-state index in [-0.39, 0.29) is 18.7 Å². The van der Waals surface area contributed by atoms with Gasteiger partial charge in [-0.3, -0.25) is 9.36 Å². The Morgan fingerprint density at radius 2 is 1.83 bits per heavy atom. The highest BCUT2D eigenvalue weighted by molar-refractivity contribution is 14.1. The van der Waals surface area contributed by atoms with Gasteiger partial charge in [-0.15, -0.1) is 0 Å². The number of rotatable bonds is 7. The molecule has 0 aliphatic carbocycles. The number of hydrogen-bond acceptors (Lipinski definition) is 4. The molecule has 0 aliphatic heterocycles. The van der Waals surface area contributed by atoms with E-state index in [2.05, 4.69) is 27.6 Å². The normalized spacial score (nSPS) is 14.8. The van der Waals surface area contributed by atoms with Crippen LogP contribution in [-0.2, 0) is 21.9 Å². The van der Waals surface area contributed by atoms with E-state index in [0.29, 0.717) is 11.4 Å². The number of nitrogens with zero attached hydrogens (tertiary/aromatic N) is 1. The SMILES string of the molecule is Nc1ccc(CC(CP(=O)(O)Cc2ccc(I)cc2)C(=O)O)cn1. The second-order valence-electron chi connectivity index (χ2n) is 5.64. The van der Waals surface area contributed by atoms with Crippen LogP contribution in [0.3, 0.4) is 0 Å². The molecule has 2 atom stereocenters. The highest BCUT2D eigenvalue weighted by Crippen LogP contribution is 2.46. The van der Waals surface area contributed by atoms with Gasteiger partial charge in [0.25, 0.3) is 0 Å². The van der Waals surface area contributed by atoms with Crippen molar-refractivity contribution in [3.05, 3.63) is 57.3 Å². The van der Waals surface area contributed by atoms with E-state index >= 15 is 0 Å². The highest BCUT2D eigenvalue weighted by Gasteiger charge is 2.29. The van der Waals surface area contributed by atoms with Crippen molar-refractivity contribution in [2.45, 2.75) is 12.6 Å². The Morgan fingerprint density at radius 1 is 1.21 bits per heavy atom. The predicted molar refractivity (Wildman–Crippen MR) is 101 cm³/mol. The summed E-state index contributed by atoms with van der Waals surface area (Å²) < 4.78 is 13.5. The number of pyridine rings is 1. The Morgan fingerprint density at radius 3 is 2.38 bits per heavy atom. The van der Waals surface area contributed by atoms with Crippen molar-refractivity contribution in [2.75, 3.05) is 11.9 Å². The summed E-state index contributed by atoms with van der Waals surface area (Å²) in [6.07, 6.45) is 1.32. The van der Waals surface area contributed by atoms with E-state index in [0.717, 1.165) is 9.13 Å². The summed E-state index contributed by atoms with van der Waals surface area (Å²) in [5.41, 5.74) is 6.90. The van der Waals surface area contributed by atoms with Crippen LogP contribution in [0.1, 0.15) is 11.1 Å². The largest absolute Gasteiger partial charge is 0.481 e. The van der Waals surface area contributed by atoms with Gasteiger partial charge in [0, 0.05) is 22.1 Å². The second-order valence-corrected chi connectivity index (χ2v) is 9.26. The first-order valence-corrected chi connectivity index (χ1v) is 10.3. The molecule has 2 unspecified atom stereocenters. The molecule has 1 aromatic heterocycles. The van der Waals surface area contributed by atoms with Crippen LogP contribution in [-0.4, -0.2) is 27.1 Å². The molecule has 0 radical (unpaired) electrons. The van der Waals surface area contributed by atoms with Crippen LogP contribution < -0.4 is 5.73 Å². The van der Waals surface area contributed by atoms with Crippen LogP contribution >= 0.6 is 30.0 Å². The first-order chi connectivity index (χ1) is 11.2. The molecule has 0 saturated heterocycles. The van der Waals surface area contributed by atoms with Gasteiger partial charge in [-0.25, -0.2) is 4.98 Å². The van der Waals surface area contributed by atoms with Crippen LogP contribution in [0.25, 0.3) is 0 Å². The lowest BCUT2D eigenvalue weighted by Crippen LogP contribution is -2.21. The summed E-state index contributed by atoms with van der Waals surface area (Å²) in [4.78, 5) is 25.6. The van der Waals surface area contributed by atoms with Gasteiger partial charge >= 0.3 is 5.97 Å². The quantitative estimate of drug-likeness (QED) is 0.433. The first-order valence-electron chi connectivity index (χ1n) is 7.24. The Balaban J connectivity index is 2.07. The summed E-state index contributed by atoms with van der Waals surface area (Å²) in [6.45, 7) is 0.